The van der Waals surface area contributed by atoms with E-state index in [2.05, 4.69) is 19.9 Å². The molecule has 0 bridgehead atoms. The number of carbonyl (C=O) groups is 2. The smallest absolute Gasteiger partial charge is 0.356 e. The molecule has 0 atom stereocenters. The minimum Gasteiger partial charge on any atom is -0.476 e. The van der Waals surface area contributed by atoms with Crippen LogP contribution in [0.2, 0.25) is 10.3 Å². The van der Waals surface area contributed by atoms with Crippen molar-refractivity contribution in [3.05, 3.63) is 46.5 Å². The van der Waals surface area contributed by atoms with E-state index in [1.807, 2.05) is 0 Å². The van der Waals surface area contributed by atoms with Crippen LogP contribution in [0.25, 0.3) is 0 Å². The van der Waals surface area contributed by atoms with Gasteiger partial charge in [-0.2, -0.15) is 0 Å². The Hall–Kier alpha value is -1.83. The number of aromatic nitrogens is 4. The highest BCUT2D eigenvalue weighted by atomic mass is 35.5. The van der Waals surface area contributed by atoms with E-state index in [0.717, 1.165) is 6.20 Å². The van der Waals surface area contributed by atoms with E-state index in [1.165, 1.54) is 18.6 Å². The molecule has 2 aromatic rings. The van der Waals surface area contributed by atoms with Gasteiger partial charge in [0.15, 0.2) is 5.69 Å². The molecular weight excluding hydrogens is 330 g/mol. The van der Waals surface area contributed by atoms with Crippen LogP contribution >= 0.6 is 34.8 Å². The van der Waals surface area contributed by atoms with Crippen molar-refractivity contribution in [2.45, 2.75) is 0 Å². The summed E-state index contributed by atoms with van der Waals surface area (Å²) in [6.45, 7) is 0. The van der Waals surface area contributed by atoms with Crippen LogP contribution in [-0.4, -0.2) is 36.3 Å². The van der Waals surface area contributed by atoms with Crippen molar-refractivity contribution < 1.29 is 14.7 Å². The molecule has 0 aromatic carbocycles. The molecule has 20 heavy (non-hydrogen) atoms. The van der Waals surface area contributed by atoms with Crippen molar-refractivity contribution in [2.75, 3.05) is 0 Å². The molecule has 0 aliphatic rings. The lowest BCUT2D eigenvalue weighted by atomic mass is 10.5. The van der Waals surface area contributed by atoms with Crippen molar-refractivity contribution in [3.63, 3.8) is 0 Å². The molecule has 10 heteroatoms. The molecule has 7 nitrogen and oxygen atoms in total. The maximum Gasteiger partial charge on any atom is 0.356 e. The van der Waals surface area contributed by atoms with E-state index in [-0.39, 0.29) is 21.7 Å². The second-order valence-electron chi connectivity index (χ2n) is 3.03. The Bertz CT molecular complexity index is 549. The normalized spacial score (nSPS) is 9.35. The van der Waals surface area contributed by atoms with Gasteiger partial charge in [-0.1, -0.05) is 23.2 Å². The standard InChI is InChI=1S/C5H2Cl2N2O.C5H3ClN2O2/c6-4-2-8-3(1-9-4)5(7)10;6-4-2-7-3(1-8-4)5(9)10/h1-2H;1-2H,(H,9,10). The molecule has 0 amide bonds. The third-order valence-corrected chi connectivity index (χ3v) is 2.25. The van der Waals surface area contributed by atoms with E-state index in [1.54, 1.807) is 0 Å². The number of aromatic carboxylic acids is 1. The Balaban J connectivity index is 0.000000200. The van der Waals surface area contributed by atoms with Crippen molar-refractivity contribution in [2.24, 2.45) is 0 Å². The highest BCUT2D eigenvalue weighted by Gasteiger charge is 2.02. The Labute approximate surface area is 127 Å². The fourth-order valence-electron chi connectivity index (χ4n) is 0.837. The van der Waals surface area contributed by atoms with Gasteiger partial charge in [-0.3, -0.25) is 4.79 Å². The van der Waals surface area contributed by atoms with Gasteiger partial charge in [-0.25, -0.2) is 24.7 Å². The molecule has 0 spiro atoms. The van der Waals surface area contributed by atoms with Crippen LogP contribution in [-0.2, 0) is 0 Å². The Morgan fingerprint density at radius 2 is 1.30 bits per heavy atom. The van der Waals surface area contributed by atoms with E-state index in [4.69, 9.17) is 39.9 Å². The number of nitrogens with zero attached hydrogens (tertiary/aromatic N) is 4. The summed E-state index contributed by atoms with van der Waals surface area (Å²) in [4.78, 5) is 34.7. The molecule has 1 N–H and O–H groups in total. The number of carboxylic acid groups (broad SMARTS) is 1. The predicted molar refractivity (Wildman–Crippen MR) is 71.2 cm³/mol. The van der Waals surface area contributed by atoms with E-state index in [9.17, 15) is 9.59 Å². The summed E-state index contributed by atoms with van der Waals surface area (Å²) in [5, 5.41) is 8.12. The second-order valence-corrected chi connectivity index (χ2v) is 4.15. The summed E-state index contributed by atoms with van der Waals surface area (Å²) in [6, 6.07) is 0. The lowest BCUT2D eigenvalue weighted by Crippen LogP contribution is -1.99. The quantitative estimate of drug-likeness (QED) is 0.839. The highest BCUT2D eigenvalue weighted by Crippen LogP contribution is 2.03. The summed E-state index contributed by atoms with van der Waals surface area (Å²) < 4.78 is 0. The van der Waals surface area contributed by atoms with Gasteiger partial charge in [-0.05, 0) is 11.6 Å². The Morgan fingerprint density at radius 1 is 0.850 bits per heavy atom. The number of halogens is 3. The Morgan fingerprint density at radius 3 is 1.60 bits per heavy atom. The maximum atomic E-state index is 10.4. The number of carboxylic acids is 1. The second kappa shape index (κ2) is 7.68. The molecule has 104 valence electrons. The molecule has 0 radical (unpaired) electrons. The molecule has 0 saturated heterocycles. The molecule has 2 heterocycles. The van der Waals surface area contributed by atoms with Crippen LogP contribution in [0.5, 0.6) is 0 Å². The first-order chi connectivity index (χ1) is 9.40. The summed E-state index contributed by atoms with van der Waals surface area (Å²) in [5.74, 6) is -1.11. The maximum absolute atomic E-state index is 10.4. The first kappa shape index (κ1) is 16.2. The lowest BCUT2D eigenvalue weighted by Gasteiger charge is -1.89. The summed E-state index contributed by atoms with van der Waals surface area (Å²) >= 11 is 15.8. The molecule has 2 rings (SSSR count). The molecule has 0 unspecified atom stereocenters. The van der Waals surface area contributed by atoms with Gasteiger partial charge in [0, 0.05) is 0 Å². The van der Waals surface area contributed by atoms with Gasteiger partial charge in [0.1, 0.15) is 16.0 Å². The fraction of sp³-hybridized carbons (Fsp3) is 0. The minimum absolute atomic E-state index is 0.103. The lowest BCUT2D eigenvalue weighted by molar-refractivity contribution is 0.0690. The third kappa shape index (κ3) is 5.43. The third-order valence-electron chi connectivity index (χ3n) is 1.66. The van der Waals surface area contributed by atoms with Crippen LogP contribution in [0, 0.1) is 0 Å². The van der Waals surface area contributed by atoms with Gasteiger partial charge >= 0.3 is 5.97 Å². The average molecular weight is 336 g/mol. The van der Waals surface area contributed by atoms with Gasteiger partial charge in [0.2, 0.25) is 0 Å². The van der Waals surface area contributed by atoms with E-state index in [0.29, 0.717) is 0 Å². The average Bonchev–Trinajstić information content (AvgIpc) is 2.40. The van der Waals surface area contributed by atoms with Crippen molar-refractivity contribution in [1.82, 2.24) is 19.9 Å². The van der Waals surface area contributed by atoms with Gasteiger partial charge < -0.3 is 5.11 Å². The summed E-state index contributed by atoms with van der Waals surface area (Å²) in [7, 11) is 0. The summed E-state index contributed by atoms with van der Waals surface area (Å²) in [6.07, 6.45) is 4.77. The van der Waals surface area contributed by atoms with Gasteiger partial charge in [0.25, 0.3) is 5.24 Å². The molecular formula is C10H5Cl3N4O3. The summed E-state index contributed by atoms with van der Waals surface area (Å²) in [5.41, 5.74) is -0.00420. The van der Waals surface area contributed by atoms with Crippen LogP contribution in [0.1, 0.15) is 21.0 Å². The first-order valence-corrected chi connectivity index (χ1v) is 5.91. The molecule has 0 aliphatic carbocycles. The van der Waals surface area contributed by atoms with Gasteiger partial charge in [-0.15, -0.1) is 0 Å². The number of rotatable bonds is 2. The zero-order chi connectivity index (χ0) is 15.1. The molecule has 0 aliphatic heterocycles. The predicted octanol–water partition coefficient (Wildman–Crippen LogP) is 2.34. The monoisotopic (exact) mass is 334 g/mol. The Kier molecular flexibility index (Phi) is 6.23. The van der Waals surface area contributed by atoms with Crippen molar-refractivity contribution in [3.8, 4) is 0 Å². The molecule has 2 aromatic heterocycles. The van der Waals surface area contributed by atoms with E-state index < -0.39 is 11.2 Å². The first-order valence-electron chi connectivity index (χ1n) is 4.78. The van der Waals surface area contributed by atoms with Crippen molar-refractivity contribution >= 4 is 46.0 Å². The zero-order valence-electron chi connectivity index (χ0n) is 9.50. The zero-order valence-corrected chi connectivity index (χ0v) is 11.8. The molecule has 0 fully saturated rings. The molecule has 0 saturated carbocycles. The fourth-order valence-corrected chi connectivity index (χ4v) is 1.13. The van der Waals surface area contributed by atoms with Gasteiger partial charge in [0.05, 0.1) is 24.8 Å². The highest BCUT2D eigenvalue weighted by molar-refractivity contribution is 6.67. The van der Waals surface area contributed by atoms with Crippen LogP contribution < -0.4 is 0 Å². The van der Waals surface area contributed by atoms with Crippen LogP contribution in [0.4, 0.5) is 0 Å². The SMILES string of the molecule is O=C(Cl)c1cnc(Cl)cn1.O=C(O)c1cnc(Cl)cn1. The minimum atomic E-state index is -1.11. The van der Waals surface area contributed by atoms with Crippen LogP contribution in [0.15, 0.2) is 24.8 Å². The number of carbonyl (C=O) groups excluding carboxylic acids is 1. The van der Waals surface area contributed by atoms with Crippen molar-refractivity contribution in [1.29, 1.82) is 0 Å². The number of hydrogen-bond donors (Lipinski definition) is 1. The number of hydrogen-bond acceptors (Lipinski definition) is 6. The topological polar surface area (TPSA) is 106 Å². The van der Waals surface area contributed by atoms with Crippen LogP contribution in [0.3, 0.4) is 0 Å². The van der Waals surface area contributed by atoms with E-state index >= 15 is 0 Å². The largest absolute Gasteiger partial charge is 0.476 e.